The van der Waals surface area contributed by atoms with Gasteiger partial charge in [-0.2, -0.15) is 5.26 Å². The molecule has 5 heteroatoms. The number of nitrogens with zero attached hydrogens (tertiary/aromatic N) is 2. The molecule has 1 aromatic rings. The third kappa shape index (κ3) is 2.20. The van der Waals surface area contributed by atoms with E-state index in [1.54, 1.807) is 30.0 Å². The summed E-state index contributed by atoms with van der Waals surface area (Å²) in [5.41, 5.74) is 0.635. The predicted octanol–water partition coefficient (Wildman–Crippen LogP) is 2.37. The molecule has 0 bridgehead atoms. The van der Waals surface area contributed by atoms with Crippen LogP contribution in [0.1, 0.15) is 13.3 Å². The van der Waals surface area contributed by atoms with Crippen LogP contribution in [0.25, 0.3) is 0 Å². The van der Waals surface area contributed by atoms with Gasteiger partial charge >= 0.3 is 0 Å². The van der Waals surface area contributed by atoms with Gasteiger partial charge in [0.25, 0.3) is 5.91 Å². The van der Waals surface area contributed by atoms with Crippen LogP contribution in [-0.2, 0) is 4.79 Å². The van der Waals surface area contributed by atoms with Gasteiger partial charge < -0.3 is 9.64 Å². The first-order valence-electron chi connectivity index (χ1n) is 5.28. The molecule has 0 spiro atoms. The molecule has 1 aliphatic rings. The Bertz CT molecular complexity index is 496. The Morgan fingerprint density at radius 1 is 1.59 bits per heavy atom. The molecule has 0 saturated heterocycles. The zero-order valence-electron chi connectivity index (χ0n) is 9.31. The van der Waals surface area contributed by atoms with E-state index in [-0.39, 0.29) is 12.3 Å². The number of anilines is 1. The average molecular weight is 251 g/mol. The molecule has 0 radical (unpaired) electrons. The number of halogens is 1. The average Bonchev–Trinajstić information content (AvgIpc) is 2.31. The van der Waals surface area contributed by atoms with Gasteiger partial charge in [-0.05, 0) is 25.1 Å². The summed E-state index contributed by atoms with van der Waals surface area (Å²) < 4.78 is 5.48. The lowest BCUT2D eigenvalue weighted by atomic mass is 10.2. The molecule has 1 amide bonds. The summed E-state index contributed by atoms with van der Waals surface area (Å²) in [7, 11) is 0. The number of hydrogen-bond donors (Lipinski definition) is 0. The van der Waals surface area contributed by atoms with Gasteiger partial charge in [0.2, 0.25) is 0 Å². The number of carbonyl (C=O) groups is 1. The Balaban J connectivity index is 2.40. The number of rotatable bonds is 2. The van der Waals surface area contributed by atoms with Crippen molar-refractivity contribution in [3.05, 3.63) is 23.2 Å². The van der Waals surface area contributed by atoms with Crippen molar-refractivity contribution in [1.82, 2.24) is 0 Å². The first kappa shape index (κ1) is 11.7. The van der Waals surface area contributed by atoms with Crippen molar-refractivity contribution in [3.8, 4) is 11.8 Å². The highest BCUT2D eigenvalue weighted by atomic mass is 35.5. The lowest BCUT2D eigenvalue weighted by molar-refractivity contribution is -0.125. The number of hydrogen-bond acceptors (Lipinski definition) is 3. The quantitative estimate of drug-likeness (QED) is 0.810. The lowest BCUT2D eigenvalue weighted by Gasteiger charge is -2.32. The van der Waals surface area contributed by atoms with Gasteiger partial charge in [-0.1, -0.05) is 11.6 Å². The van der Waals surface area contributed by atoms with Crippen molar-refractivity contribution in [1.29, 1.82) is 5.26 Å². The summed E-state index contributed by atoms with van der Waals surface area (Å²) >= 11 is 5.90. The van der Waals surface area contributed by atoms with Gasteiger partial charge in [0.1, 0.15) is 5.75 Å². The van der Waals surface area contributed by atoms with Crippen molar-refractivity contribution in [2.45, 2.75) is 19.4 Å². The maximum atomic E-state index is 12.0. The van der Waals surface area contributed by atoms with E-state index in [4.69, 9.17) is 21.6 Å². The van der Waals surface area contributed by atoms with Crippen LogP contribution in [0.5, 0.6) is 5.75 Å². The third-order valence-corrected chi connectivity index (χ3v) is 2.81. The molecule has 0 fully saturated rings. The number of benzene rings is 1. The number of carbonyl (C=O) groups excluding carboxylic acids is 1. The second-order valence-electron chi connectivity index (χ2n) is 3.77. The van der Waals surface area contributed by atoms with Gasteiger partial charge in [0.05, 0.1) is 18.2 Å². The molecule has 0 aliphatic carbocycles. The Morgan fingerprint density at radius 2 is 2.35 bits per heavy atom. The van der Waals surface area contributed by atoms with Crippen molar-refractivity contribution in [3.63, 3.8) is 0 Å². The minimum absolute atomic E-state index is 0.144. The molecule has 1 aromatic carbocycles. The smallest absolute Gasteiger partial charge is 0.267 e. The molecule has 1 unspecified atom stereocenters. The van der Waals surface area contributed by atoms with E-state index in [1.165, 1.54) is 0 Å². The molecule has 0 N–H and O–H groups in total. The summed E-state index contributed by atoms with van der Waals surface area (Å²) in [6.07, 6.45) is -0.243. The van der Waals surface area contributed by atoms with Gasteiger partial charge in [-0.25, -0.2) is 0 Å². The normalized spacial score (nSPS) is 18.3. The lowest BCUT2D eigenvalue weighted by Crippen LogP contribution is -2.44. The van der Waals surface area contributed by atoms with Gasteiger partial charge in [-0.3, -0.25) is 4.79 Å². The summed E-state index contributed by atoms with van der Waals surface area (Å²) in [6.45, 7) is 2.05. The van der Waals surface area contributed by atoms with Crippen LogP contribution in [0.2, 0.25) is 5.02 Å². The molecule has 1 aliphatic heterocycles. The topological polar surface area (TPSA) is 53.3 Å². The predicted molar refractivity (Wildman–Crippen MR) is 64.1 cm³/mol. The van der Waals surface area contributed by atoms with Crippen LogP contribution in [0.15, 0.2) is 18.2 Å². The Hall–Kier alpha value is -1.73. The molecule has 1 atom stereocenters. The molecule has 17 heavy (non-hydrogen) atoms. The highest BCUT2D eigenvalue weighted by Gasteiger charge is 2.31. The number of ether oxygens (including phenoxy) is 1. The van der Waals surface area contributed by atoms with E-state index in [1.807, 2.05) is 6.07 Å². The Labute approximate surface area is 104 Å². The summed E-state index contributed by atoms with van der Waals surface area (Å²) in [6, 6.07) is 7.16. The van der Waals surface area contributed by atoms with Gasteiger partial charge in [0.15, 0.2) is 6.10 Å². The van der Waals surface area contributed by atoms with E-state index in [0.717, 1.165) is 0 Å². The monoisotopic (exact) mass is 250 g/mol. The van der Waals surface area contributed by atoms with E-state index < -0.39 is 6.10 Å². The van der Waals surface area contributed by atoms with Crippen LogP contribution < -0.4 is 9.64 Å². The number of fused-ring (bicyclic) bond motifs is 1. The number of nitriles is 1. The van der Waals surface area contributed by atoms with Crippen LogP contribution in [0.4, 0.5) is 5.69 Å². The van der Waals surface area contributed by atoms with Crippen molar-refractivity contribution < 1.29 is 9.53 Å². The van der Waals surface area contributed by atoms with Crippen LogP contribution >= 0.6 is 11.6 Å². The highest BCUT2D eigenvalue weighted by molar-refractivity contribution is 6.31. The standard InChI is InChI=1S/C12H11ClN2O2/c1-8-12(16)15(6-2-5-14)10-7-9(13)3-4-11(10)17-8/h3-4,7-8H,2,6H2,1H3. The maximum absolute atomic E-state index is 12.0. The van der Waals surface area contributed by atoms with Crippen molar-refractivity contribution >= 4 is 23.2 Å². The second-order valence-corrected chi connectivity index (χ2v) is 4.21. The minimum atomic E-state index is -0.526. The maximum Gasteiger partial charge on any atom is 0.267 e. The summed E-state index contributed by atoms with van der Waals surface area (Å²) in [5.74, 6) is 0.481. The molecular weight excluding hydrogens is 240 g/mol. The molecule has 1 heterocycles. The number of amides is 1. The highest BCUT2D eigenvalue weighted by Crippen LogP contribution is 2.36. The first-order valence-corrected chi connectivity index (χ1v) is 5.66. The molecule has 88 valence electrons. The van der Waals surface area contributed by atoms with Gasteiger partial charge in [-0.15, -0.1) is 0 Å². The molecular formula is C12H11ClN2O2. The Kier molecular flexibility index (Phi) is 3.21. The third-order valence-electron chi connectivity index (χ3n) is 2.58. The zero-order valence-corrected chi connectivity index (χ0v) is 10.1. The summed E-state index contributed by atoms with van der Waals surface area (Å²) in [5, 5.41) is 9.14. The van der Waals surface area contributed by atoms with E-state index >= 15 is 0 Å². The minimum Gasteiger partial charge on any atom is -0.479 e. The fraction of sp³-hybridized carbons (Fsp3) is 0.333. The second kappa shape index (κ2) is 4.64. The fourth-order valence-electron chi connectivity index (χ4n) is 1.77. The molecule has 4 nitrogen and oxygen atoms in total. The SMILES string of the molecule is CC1Oc2ccc(Cl)cc2N(CCC#N)C1=O. The Morgan fingerprint density at radius 3 is 3.06 bits per heavy atom. The van der Waals surface area contributed by atoms with Crippen molar-refractivity contribution in [2.24, 2.45) is 0 Å². The summed E-state index contributed by atoms with van der Waals surface area (Å²) in [4.78, 5) is 13.5. The van der Waals surface area contributed by atoms with Gasteiger partial charge in [0, 0.05) is 11.6 Å². The fourth-order valence-corrected chi connectivity index (χ4v) is 1.94. The first-order chi connectivity index (χ1) is 8.13. The molecule has 0 saturated carbocycles. The van der Waals surface area contributed by atoms with Crippen molar-refractivity contribution in [2.75, 3.05) is 11.4 Å². The molecule has 2 rings (SSSR count). The molecule has 0 aromatic heterocycles. The van der Waals surface area contributed by atoms with Crippen LogP contribution in [0.3, 0.4) is 0 Å². The zero-order chi connectivity index (χ0) is 12.4. The van der Waals surface area contributed by atoms with Crippen LogP contribution in [0, 0.1) is 11.3 Å². The van der Waals surface area contributed by atoms with Crippen LogP contribution in [-0.4, -0.2) is 18.6 Å². The largest absolute Gasteiger partial charge is 0.479 e. The van der Waals surface area contributed by atoms with E-state index in [2.05, 4.69) is 0 Å². The van der Waals surface area contributed by atoms with E-state index in [0.29, 0.717) is 23.0 Å². The van der Waals surface area contributed by atoms with E-state index in [9.17, 15) is 4.79 Å².